The minimum absolute atomic E-state index is 0.134. The number of ether oxygens (including phenoxy) is 1. The van der Waals surface area contributed by atoms with E-state index < -0.39 is 29.6 Å². The fourth-order valence-corrected chi connectivity index (χ4v) is 5.11. The minimum atomic E-state index is -0.582. The zero-order valence-electron chi connectivity index (χ0n) is 21.2. The molecule has 1 fully saturated rings. The molecule has 196 valence electrons. The van der Waals surface area contributed by atoms with Crippen LogP contribution in [-0.2, 0) is 14.3 Å². The molecule has 1 saturated heterocycles. The summed E-state index contributed by atoms with van der Waals surface area (Å²) in [5.74, 6) is -0.837. The van der Waals surface area contributed by atoms with E-state index in [9.17, 15) is 19.2 Å². The average molecular weight is 553 g/mol. The van der Waals surface area contributed by atoms with E-state index in [-0.39, 0.29) is 22.1 Å². The van der Waals surface area contributed by atoms with Crippen LogP contribution < -0.4 is 5.32 Å². The van der Waals surface area contributed by atoms with Gasteiger partial charge in [0.1, 0.15) is 18.1 Å². The first-order valence-electron chi connectivity index (χ1n) is 11.8. The van der Waals surface area contributed by atoms with E-state index in [1.807, 2.05) is 32.9 Å². The van der Waals surface area contributed by atoms with E-state index in [0.29, 0.717) is 22.8 Å². The molecule has 1 N–H and O–H groups in total. The van der Waals surface area contributed by atoms with Gasteiger partial charge in [0.05, 0.1) is 22.1 Å². The molecule has 0 saturated carbocycles. The lowest BCUT2D eigenvalue weighted by atomic mass is 10.1. The largest absolute Gasteiger partial charge is 0.462 e. The molecule has 1 aliphatic rings. The molecule has 10 heteroatoms. The Hall–Kier alpha value is -3.82. The maximum atomic E-state index is 12.9. The molecule has 38 heavy (non-hydrogen) atoms. The van der Waals surface area contributed by atoms with E-state index in [2.05, 4.69) is 5.32 Å². The first kappa shape index (κ1) is 27.2. The highest BCUT2D eigenvalue weighted by atomic mass is 35.5. The summed E-state index contributed by atoms with van der Waals surface area (Å²) < 4.78 is 10.9. The van der Waals surface area contributed by atoms with Gasteiger partial charge in [-0.05, 0) is 80.9 Å². The normalized spacial score (nSPS) is 14.3. The van der Waals surface area contributed by atoms with Gasteiger partial charge < -0.3 is 14.5 Å². The summed E-state index contributed by atoms with van der Waals surface area (Å²) in [7, 11) is 0. The van der Waals surface area contributed by atoms with E-state index in [4.69, 9.17) is 20.8 Å². The molecule has 1 aromatic heterocycles. The lowest BCUT2D eigenvalue weighted by molar-refractivity contribution is -0.127. The Morgan fingerprint density at radius 2 is 1.79 bits per heavy atom. The summed E-state index contributed by atoms with van der Waals surface area (Å²) in [6.45, 7) is 7.26. The number of rotatable bonds is 7. The molecule has 0 atom stereocenters. The van der Waals surface area contributed by atoms with Crippen LogP contribution in [0.5, 0.6) is 0 Å². The lowest BCUT2D eigenvalue weighted by Gasteiger charge is -2.15. The van der Waals surface area contributed by atoms with Crippen LogP contribution in [0, 0.1) is 20.8 Å². The maximum absolute atomic E-state index is 12.9. The van der Waals surface area contributed by atoms with Crippen molar-refractivity contribution < 1.29 is 28.3 Å². The minimum Gasteiger partial charge on any atom is -0.462 e. The van der Waals surface area contributed by atoms with Gasteiger partial charge in [-0.2, -0.15) is 0 Å². The zero-order chi connectivity index (χ0) is 27.6. The first-order valence-corrected chi connectivity index (χ1v) is 13.0. The summed E-state index contributed by atoms with van der Waals surface area (Å²) in [6.07, 6.45) is 1.45. The predicted molar refractivity (Wildman–Crippen MR) is 147 cm³/mol. The van der Waals surface area contributed by atoms with Crippen LogP contribution in [-0.4, -0.2) is 41.1 Å². The Balaban J connectivity index is 1.48. The van der Waals surface area contributed by atoms with E-state index in [1.54, 1.807) is 37.3 Å². The van der Waals surface area contributed by atoms with Crippen LogP contribution >= 0.6 is 23.4 Å². The Morgan fingerprint density at radius 1 is 1.08 bits per heavy atom. The molecular weight excluding hydrogens is 528 g/mol. The molecule has 1 aliphatic heterocycles. The van der Waals surface area contributed by atoms with Crippen molar-refractivity contribution in [2.24, 2.45) is 0 Å². The Labute approximate surface area is 229 Å². The number of thioether (sulfide) groups is 1. The van der Waals surface area contributed by atoms with E-state index in [1.165, 1.54) is 6.08 Å². The van der Waals surface area contributed by atoms with Gasteiger partial charge in [0.2, 0.25) is 5.91 Å². The third-order valence-corrected chi connectivity index (χ3v) is 7.00. The molecule has 3 amide bonds. The van der Waals surface area contributed by atoms with Gasteiger partial charge in [-0.3, -0.25) is 19.3 Å². The van der Waals surface area contributed by atoms with Crippen LogP contribution in [0.15, 0.2) is 51.8 Å². The second-order valence-electron chi connectivity index (χ2n) is 8.71. The van der Waals surface area contributed by atoms with Crippen LogP contribution in [0.2, 0.25) is 5.02 Å². The molecular formula is C28H25ClN2O6S. The molecule has 0 bridgehead atoms. The third-order valence-electron chi connectivity index (χ3n) is 5.76. The quantitative estimate of drug-likeness (QED) is 0.268. The van der Waals surface area contributed by atoms with Crippen molar-refractivity contribution in [1.29, 1.82) is 0 Å². The Morgan fingerprint density at radius 3 is 2.47 bits per heavy atom. The van der Waals surface area contributed by atoms with Crippen molar-refractivity contribution in [1.82, 2.24) is 4.90 Å². The van der Waals surface area contributed by atoms with Gasteiger partial charge in [0.25, 0.3) is 11.1 Å². The molecule has 0 spiro atoms. The maximum Gasteiger partial charge on any atom is 0.339 e. The molecule has 2 aromatic carbocycles. The predicted octanol–water partition coefficient (Wildman–Crippen LogP) is 6.38. The molecule has 8 nitrogen and oxygen atoms in total. The Bertz CT molecular complexity index is 1470. The highest BCUT2D eigenvalue weighted by Gasteiger charge is 2.36. The first-order chi connectivity index (χ1) is 18.1. The fraction of sp³-hybridized carbons (Fsp3) is 0.214. The fourth-order valence-electron chi connectivity index (χ4n) is 4.09. The summed E-state index contributed by atoms with van der Waals surface area (Å²) >= 11 is 6.86. The number of imide groups is 1. The van der Waals surface area contributed by atoms with Crippen molar-refractivity contribution in [3.63, 3.8) is 0 Å². The number of halogens is 1. The molecule has 0 radical (unpaired) electrons. The zero-order valence-corrected chi connectivity index (χ0v) is 22.8. The smallest absolute Gasteiger partial charge is 0.339 e. The van der Waals surface area contributed by atoms with Gasteiger partial charge in [0, 0.05) is 17.3 Å². The summed E-state index contributed by atoms with van der Waals surface area (Å²) in [5, 5.41) is 2.52. The number of carbonyl (C=O) groups excluding carboxylic acids is 4. The number of hydrogen-bond acceptors (Lipinski definition) is 7. The van der Waals surface area contributed by atoms with Crippen LogP contribution in [0.3, 0.4) is 0 Å². The second kappa shape index (κ2) is 11.3. The monoisotopic (exact) mass is 552 g/mol. The molecule has 4 rings (SSSR count). The SMILES string of the molecule is CCOC(=O)c1cc(-c2ccc(/C=C3/SC(=O)N(CC(=O)Nc4c(C)cc(C)cc4C)C3=O)o2)ccc1Cl. The van der Waals surface area contributed by atoms with E-state index in [0.717, 1.165) is 33.4 Å². The second-order valence-corrected chi connectivity index (χ2v) is 10.1. The summed E-state index contributed by atoms with van der Waals surface area (Å²) in [6, 6.07) is 12.0. The Kier molecular flexibility index (Phi) is 8.08. The average Bonchev–Trinajstić information content (AvgIpc) is 3.42. The van der Waals surface area contributed by atoms with Crippen molar-refractivity contribution in [2.45, 2.75) is 27.7 Å². The molecule has 0 aliphatic carbocycles. The topological polar surface area (TPSA) is 106 Å². The number of nitrogens with zero attached hydrogens (tertiary/aromatic N) is 1. The third kappa shape index (κ3) is 5.84. The number of benzene rings is 2. The lowest BCUT2D eigenvalue weighted by Crippen LogP contribution is -2.36. The molecule has 2 heterocycles. The number of nitrogens with one attached hydrogen (secondary N) is 1. The number of anilines is 1. The van der Waals surface area contributed by atoms with Crippen LogP contribution in [0.25, 0.3) is 17.4 Å². The number of carbonyl (C=O) groups is 4. The van der Waals surface area contributed by atoms with Gasteiger partial charge >= 0.3 is 5.97 Å². The van der Waals surface area contributed by atoms with Crippen molar-refractivity contribution >= 4 is 58.1 Å². The number of furan rings is 1. The number of hydrogen-bond donors (Lipinski definition) is 1. The highest BCUT2D eigenvalue weighted by Crippen LogP contribution is 2.34. The van der Waals surface area contributed by atoms with Crippen LogP contribution in [0.4, 0.5) is 10.5 Å². The van der Waals surface area contributed by atoms with Crippen molar-refractivity contribution in [3.8, 4) is 11.3 Å². The van der Waals surface area contributed by atoms with Gasteiger partial charge in [0.15, 0.2) is 0 Å². The van der Waals surface area contributed by atoms with Crippen LogP contribution in [0.1, 0.15) is 39.7 Å². The molecule has 0 unspecified atom stereocenters. The van der Waals surface area contributed by atoms with Gasteiger partial charge in [-0.1, -0.05) is 29.3 Å². The number of esters is 1. The standard InChI is InChI=1S/C28H25ClN2O6S/c1-5-36-27(34)20-12-18(6-8-21(20)29)22-9-7-19(37-22)13-23-26(33)31(28(35)38-23)14-24(32)30-25-16(3)10-15(2)11-17(25)4/h6-13H,5,14H2,1-4H3,(H,30,32)/b23-13+. The number of aryl methyl sites for hydroxylation is 3. The number of amides is 3. The molecule has 3 aromatic rings. The summed E-state index contributed by atoms with van der Waals surface area (Å²) in [5.41, 5.74) is 4.33. The summed E-state index contributed by atoms with van der Waals surface area (Å²) in [4.78, 5) is 51.3. The van der Waals surface area contributed by atoms with Crippen molar-refractivity contribution in [2.75, 3.05) is 18.5 Å². The highest BCUT2D eigenvalue weighted by molar-refractivity contribution is 8.18. The van der Waals surface area contributed by atoms with Gasteiger partial charge in [-0.25, -0.2) is 4.79 Å². The van der Waals surface area contributed by atoms with Crippen molar-refractivity contribution in [3.05, 3.63) is 80.4 Å². The van der Waals surface area contributed by atoms with Gasteiger partial charge in [-0.15, -0.1) is 0 Å². The van der Waals surface area contributed by atoms with E-state index >= 15 is 0 Å².